The van der Waals surface area contributed by atoms with Gasteiger partial charge in [0.05, 0.1) is 26.4 Å². The Bertz CT molecular complexity index is 2170. The van der Waals surface area contributed by atoms with Crippen molar-refractivity contribution < 1.29 is 33.4 Å². The Hall–Kier alpha value is -5.43. The highest BCUT2D eigenvalue weighted by atomic mass is 16.5. The minimum atomic E-state index is -0.923. The summed E-state index contributed by atoms with van der Waals surface area (Å²) in [6, 6.07) is 11.4. The quantitative estimate of drug-likeness (QED) is 0.148. The summed E-state index contributed by atoms with van der Waals surface area (Å²) in [7, 11) is 6.70. The summed E-state index contributed by atoms with van der Waals surface area (Å²) >= 11 is 0. The van der Waals surface area contributed by atoms with Crippen LogP contribution in [0.3, 0.4) is 0 Å². The van der Waals surface area contributed by atoms with Gasteiger partial charge in [0.1, 0.15) is 29.2 Å². The van der Waals surface area contributed by atoms with Gasteiger partial charge < -0.3 is 33.6 Å². The number of ether oxygens (including phenoxy) is 3. The molecular weight excluding hydrogens is 678 g/mol. The lowest BCUT2D eigenvalue weighted by Crippen LogP contribution is -2.73. The SMILES string of the molecule is COc1cc(-c2cn(C)c(=O)c3c2ccn3C)cc(OC)c1COCC(=O)NC(C)CCCCc1cccc2c1CN(C13CC(C1)C(=O)NC3=O)C2=O. The molecule has 5 heterocycles. The van der Waals surface area contributed by atoms with Crippen LogP contribution in [-0.2, 0) is 52.8 Å². The molecule has 1 atom stereocenters. The Balaban J connectivity index is 0.900. The third-order valence-electron chi connectivity index (χ3n) is 11.1. The Kier molecular flexibility index (Phi) is 9.62. The number of unbranched alkanes of at least 4 members (excludes halogenated alkanes) is 1. The zero-order valence-corrected chi connectivity index (χ0v) is 30.7. The summed E-state index contributed by atoms with van der Waals surface area (Å²) in [5.74, 6) is -0.0991. The first kappa shape index (κ1) is 36.0. The summed E-state index contributed by atoms with van der Waals surface area (Å²) in [6.45, 7) is 2.29. The number of piperidine rings is 2. The van der Waals surface area contributed by atoms with E-state index in [1.807, 2.05) is 61.1 Å². The number of carbonyl (C=O) groups excluding carboxylic acids is 4. The van der Waals surface area contributed by atoms with Crippen LogP contribution in [0.15, 0.2) is 53.6 Å². The molecule has 2 aromatic carbocycles. The van der Waals surface area contributed by atoms with E-state index >= 15 is 0 Å². The number of imide groups is 1. The van der Waals surface area contributed by atoms with Crippen LogP contribution in [0, 0.1) is 5.92 Å². The van der Waals surface area contributed by atoms with E-state index in [-0.39, 0.29) is 54.4 Å². The lowest BCUT2D eigenvalue weighted by atomic mass is 9.63. The van der Waals surface area contributed by atoms with E-state index in [0.717, 1.165) is 53.3 Å². The number of aryl methyl sites for hydroxylation is 3. The number of nitrogens with zero attached hydrogens (tertiary/aromatic N) is 3. The minimum absolute atomic E-state index is 0.0668. The van der Waals surface area contributed by atoms with Crippen molar-refractivity contribution in [2.24, 2.45) is 20.0 Å². The molecule has 13 nitrogen and oxygen atoms in total. The highest BCUT2D eigenvalue weighted by Gasteiger charge is 2.63. The van der Waals surface area contributed by atoms with Crippen molar-refractivity contribution in [3.63, 3.8) is 0 Å². The van der Waals surface area contributed by atoms with E-state index < -0.39 is 5.54 Å². The second-order valence-electron chi connectivity index (χ2n) is 14.5. The van der Waals surface area contributed by atoms with Crippen LogP contribution in [-0.4, -0.2) is 70.1 Å². The molecule has 4 aliphatic rings. The maximum Gasteiger partial charge on any atom is 0.274 e. The van der Waals surface area contributed by atoms with Crippen molar-refractivity contribution >= 4 is 34.5 Å². The highest BCUT2D eigenvalue weighted by molar-refractivity contribution is 6.11. The van der Waals surface area contributed by atoms with E-state index in [4.69, 9.17) is 14.2 Å². The lowest BCUT2D eigenvalue weighted by Gasteiger charge is -2.53. The fourth-order valence-corrected chi connectivity index (χ4v) is 8.19. The molecule has 2 saturated heterocycles. The van der Waals surface area contributed by atoms with Gasteiger partial charge in [0.15, 0.2) is 0 Å². The Morgan fingerprint density at radius 3 is 2.43 bits per heavy atom. The number of carbonyl (C=O) groups is 4. The largest absolute Gasteiger partial charge is 0.496 e. The summed E-state index contributed by atoms with van der Waals surface area (Å²) in [6.07, 6.45) is 7.74. The average Bonchev–Trinajstić information content (AvgIpc) is 3.67. The second-order valence-corrected chi connectivity index (χ2v) is 14.5. The molecule has 8 rings (SSSR count). The number of hydrogen-bond donors (Lipinski definition) is 2. The highest BCUT2D eigenvalue weighted by Crippen LogP contribution is 2.49. The first-order valence-corrected chi connectivity index (χ1v) is 18.0. The van der Waals surface area contributed by atoms with Crippen LogP contribution in [0.25, 0.3) is 22.0 Å². The van der Waals surface area contributed by atoms with Gasteiger partial charge in [0.2, 0.25) is 11.8 Å². The molecule has 1 aliphatic carbocycles. The van der Waals surface area contributed by atoms with Crippen molar-refractivity contribution in [2.75, 3.05) is 20.8 Å². The number of benzene rings is 2. The average molecular weight is 724 g/mol. The molecule has 278 valence electrons. The first-order valence-electron chi connectivity index (χ1n) is 18.0. The maximum absolute atomic E-state index is 13.4. The summed E-state index contributed by atoms with van der Waals surface area (Å²) in [5, 5.41) is 6.28. The predicted molar refractivity (Wildman–Crippen MR) is 196 cm³/mol. The van der Waals surface area contributed by atoms with Crippen molar-refractivity contribution in [3.05, 3.63) is 81.4 Å². The fourth-order valence-electron chi connectivity index (χ4n) is 8.19. The molecule has 3 aliphatic heterocycles. The number of rotatable bonds is 14. The second kappa shape index (κ2) is 14.2. The van der Waals surface area contributed by atoms with Crippen LogP contribution in [0.2, 0.25) is 0 Å². The maximum atomic E-state index is 13.4. The van der Waals surface area contributed by atoms with Crippen molar-refractivity contribution in [1.29, 1.82) is 0 Å². The molecule has 13 heteroatoms. The Morgan fingerprint density at radius 2 is 1.74 bits per heavy atom. The summed E-state index contributed by atoms with van der Waals surface area (Å²) < 4.78 is 20.7. The van der Waals surface area contributed by atoms with Crippen molar-refractivity contribution in [3.8, 4) is 22.6 Å². The van der Waals surface area contributed by atoms with Gasteiger partial charge in [-0.3, -0.25) is 29.3 Å². The van der Waals surface area contributed by atoms with E-state index in [1.165, 1.54) is 0 Å². The predicted octanol–water partition coefficient (Wildman–Crippen LogP) is 3.76. The molecule has 2 N–H and O–H groups in total. The van der Waals surface area contributed by atoms with Crippen LogP contribution in [0.4, 0.5) is 0 Å². The standard InChI is InChI=1S/C40H45N5O8/c1-23(9-6-7-10-24-11-8-12-28-30(24)20-45(37(28)48)40-17-26(18-40)36(47)42-39(40)50)41-34(46)22-53-21-31-32(51-4)15-25(16-33(31)52-5)29-19-44(3)38(49)35-27(29)13-14-43(35)2/h8,11-16,19,23,26H,6-7,9-10,17-18,20-22H2,1-5H3,(H,41,46)(H,42,47,50). The molecule has 0 radical (unpaired) electrons. The number of pyridine rings is 1. The van der Waals surface area contributed by atoms with Crippen LogP contribution < -0.4 is 25.7 Å². The number of nitrogens with one attached hydrogen (secondary N) is 2. The zero-order chi connectivity index (χ0) is 37.6. The third kappa shape index (κ3) is 6.36. The van der Waals surface area contributed by atoms with Crippen molar-refractivity contribution in [1.82, 2.24) is 24.7 Å². The molecule has 3 fully saturated rings. The smallest absolute Gasteiger partial charge is 0.274 e. The van der Waals surface area contributed by atoms with Crippen LogP contribution in [0.5, 0.6) is 11.5 Å². The minimum Gasteiger partial charge on any atom is -0.496 e. The zero-order valence-electron chi connectivity index (χ0n) is 30.7. The summed E-state index contributed by atoms with van der Waals surface area (Å²) in [4.78, 5) is 65.4. The van der Waals surface area contributed by atoms with Gasteiger partial charge in [-0.1, -0.05) is 18.6 Å². The van der Waals surface area contributed by atoms with E-state index in [9.17, 15) is 24.0 Å². The monoisotopic (exact) mass is 723 g/mol. The van der Waals surface area contributed by atoms with E-state index in [0.29, 0.717) is 47.5 Å². The van der Waals surface area contributed by atoms with Crippen LogP contribution >= 0.6 is 0 Å². The number of aromatic nitrogens is 2. The third-order valence-corrected chi connectivity index (χ3v) is 11.1. The fraction of sp³-hybridized carbons (Fsp3) is 0.425. The Morgan fingerprint density at radius 1 is 1.00 bits per heavy atom. The molecule has 53 heavy (non-hydrogen) atoms. The number of hydrogen-bond acceptors (Lipinski definition) is 8. The molecule has 4 amide bonds. The van der Waals surface area contributed by atoms with Crippen LogP contribution in [0.1, 0.15) is 66.1 Å². The van der Waals surface area contributed by atoms with Gasteiger partial charge in [0.25, 0.3) is 17.4 Å². The number of methoxy groups -OCH3 is 2. The molecule has 4 aromatic rings. The molecule has 2 aromatic heterocycles. The van der Waals surface area contributed by atoms with Gasteiger partial charge in [-0.15, -0.1) is 0 Å². The van der Waals surface area contributed by atoms with Gasteiger partial charge in [-0.2, -0.15) is 0 Å². The first-order chi connectivity index (χ1) is 25.4. The number of fused-ring (bicyclic) bond motifs is 4. The lowest BCUT2D eigenvalue weighted by molar-refractivity contribution is -0.160. The molecule has 1 unspecified atom stereocenters. The molecular formula is C40H45N5O8. The van der Waals surface area contributed by atoms with Gasteiger partial charge >= 0.3 is 0 Å². The van der Waals surface area contributed by atoms with E-state index in [2.05, 4.69) is 10.6 Å². The van der Waals surface area contributed by atoms with Gasteiger partial charge in [-0.05, 0) is 80.0 Å². The summed E-state index contributed by atoms with van der Waals surface area (Å²) in [5.41, 5.74) is 4.61. The van der Waals surface area contributed by atoms with Gasteiger partial charge in [-0.25, -0.2) is 0 Å². The molecule has 1 saturated carbocycles. The molecule has 2 bridgehead atoms. The van der Waals surface area contributed by atoms with Crippen molar-refractivity contribution in [2.45, 2.75) is 70.2 Å². The number of amides is 4. The Labute approximate surface area is 307 Å². The van der Waals surface area contributed by atoms with Gasteiger partial charge in [0, 0.05) is 61.5 Å². The topological polar surface area (TPSA) is 150 Å². The normalized spacial score (nSPS) is 19.5. The van der Waals surface area contributed by atoms with E-state index in [1.54, 1.807) is 36.9 Å². The molecule has 0 spiro atoms.